The second kappa shape index (κ2) is 6.96. The van der Waals surface area contributed by atoms with Gasteiger partial charge in [0.05, 0.1) is 0 Å². The third-order valence-electron chi connectivity index (χ3n) is 6.30. The summed E-state index contributed by atoms with van der Waals surface area (Å²) in [5.41, 5.74) is 0.0216. The van der Waals surface area contributed by atoms with Crippen molar-refractivity contribution in [1.29, 1.82) is 0 Å². The van der Waals surface area contributed by atoms with Gasteiger partial charge in [-0.05, 0) is 44.4 Å². The zero-order chi connectivity index (χ0) is 17.4. The van der Waals surface area contributed by atoms with Crippen molar-refractivity contribution in [2.45, 2.75) is 76.2 Å². The monoisotopic (exact) mass is 346 g/mol. The normalized spacial score (nSPS) is 23.2. The zero-order valence-electron chi connectivity index (χ0n) is 15.3. The first-order valence-corrected chi connectivity index (χ1v) is 10.1. The summed E-state index contributed by atoms with van der Waals surface area (Å²) in [6.07, 6.45) is 11.2. The number of carbonyl (C=O) groups excluding carboxylic acids is 1. The molecule has 1 aromatic heterocycles. The van der Waals surface area contributed by atoms with Gasteiger partial charge in [0, 0.05) is 38.5 Å². The summed E-state index contributed by atoms with van der Waals surface area (Å²) in [4.78, 5) is 27.0. The summed E-state index contributed by atoms with van der Waals surface area (Å²) < 4.78 is 3.40. The third-order valence-corrected chi connectivity index (χ3v) is 6.30. The van der Waals surface area contributed by atoms with Crippen molar-refractivity contribution in [3.05, 3.63) is 16.3 Å². The van der Waals surface area contributed by atoms with Gasteiger partial charge in [0.15, 0.2) is 0 Å². The molecule has 1 saturated heterocycles. The van der Waals surface area contributed by atoms with Gasteiger partial charge in [-0.15, -0.1) is 0 Å². The average Bonchev–Trinajstić information content (AvgIpc) is 3.42. The van der Waals surface area contributed by atoms with Crippen molar-refractivity contribution in [1.82, 2.24) is 19.2 Å². The summed E-state index contributed by atoms with van der Waals surface area (Å²) >= 11 is 0. The van der Waals surface area contributed by atoms with Crippen molar-refractivity contribution in [2.75, 3.05) is 13.1 Å². The van der Waals surface area contributed by atoms with Gasteiger partial charge < -0.3 is 4.90 Å². The Hall–Kier alpha value is -1.59. The summed E-state index contributed by atoms with van der Waals surface area (Å²) in [5, 5.41) is 4.52. The van der Waals surface area contributed by atoms with Gasteiger partial charge >= 0.3 is 5.69 Å². The lowest BCUT2D eigenvalue weighted by molar-refractivity contribution is -0.133. The van der Waals surface area contributed by atoms with Crippen molar-refractivity contribution >= 4 is 5.91 Å². The van der Waals surface area contributed by atoms with Gasteiger partial charge in [-0.1, -0.05) is 19.3 Å². The molecule has 0 spiro atoms. The third kappa shape index (κ3) is 3.53. The van der Waals surface area contributed by atoms with Crippen LogP contribution in [0.4, 0.5) is 0 Å². The highest BCUT2D eigenvalue weighted by molar-refractivity contribution is 5.76. The number of rotatable bonds is 4. The Morgan fingerprint density at radius 1 is 1.04 bits per heavy atom. The van der Waals surface area contributed by atoms with Crippen LogP contribution in [0.3, 0.4) is 0 Å². The lowest BCUT2D eigenvalue weighted by Gasteiger charge is -2.33. The van der Waals surface area contributed by atoms with Gasteiger partial charge in [-0.25, -0.2) is 9.48 Å². The van der Waals surface area contributed by atoms with E-state index in [9.17, 15) is 9.59 Å². The van der Waals surface area contributed by atoms with E-state index in [1.807, 2.05) is 9.47 Å². The molecule has 4 rings (SSSR count). The number of likely N-dealkylation sites (tertiary alicyclic amines) is 1. The fraction of sp³-hybridized carbons (Fsp3) is 0.842. The molecule has 1 aromatic rings. The molecule has 1 aliphatic heterocycles. The van der Waals surface area contributed by atoms with Crippen LogP contribution in [0.1, 0.15) is 82.0 Å². The number of nitrogens with zero attached hydrogens (tertiary/aromatic N) is 4. The minimum Gasteiger partial charge on any atom is -0.343 e. The Morgan fingerprint density at radius 2 is 1.72 bits per heavy atom. The van der Waals surface area contributed by atoms with Crippen molar-refractivity contribution in [3.63, 3.8) is 0 Å². The predicted octanol–water partition coefficient (Wildman–Crippen LogP) is 2.59. The number of hydrogen-bond acceptors (Lipinski definition) is 3. The van der Waals surface area contributed by atoms with E-state index < -0.39 is 0 Å². The van der Waals surface area contributed by atoms with Crippen LogP contribution >= 0.6 is 0 Å². The van der Waals surface area contributed by atoms with Crippen molar-refractivity contribution in [2.24, 2.45) is 13.0 Å². The number of aromatic nitrogens is 3. The van der Waals surface area contributed by atoms with E-state index in [2.05, 4.69) is 5.10 Å². The molecule has 2 heterocycles. The molecule has 25 heavy (non-hydrogen) atoms. The molecule has 138 valence electrons. The van der Waals surface area contributed by atoms with Crippen molar-refractivity contribution < 1.29 is 4.79 Å². The number of carbonyl (C=O) groups is 1. The first-order chi connectivity index (χ1) is 12.1. The Balaban J connectivity index is 1.36. The molecule has 1 amide bonds. The van der Waals surface area contributed by atoms with E-state index in [-0.39, 0.29) is 5.69 Å². The fourth-order valence-electron chi connectivity index (χ4n) is 4.61. The van der Waals surface area contributed by atoms with Crippen LogP contribution in [0.15, 0.2) is 4.79 Å². The van der Waals surface area contributed by atoms with Crippen molar-refractivity contribution in [3.8, 4) is 0 Å². The van der Waals surface area contributed by atoms with Gasteiger partial charge in [0.25, 0.3) is 0 Å². The maximum Gasteiger partial charge on any atom is 0.345 e. The molecule has 0 aromatic carbocycles. The van der Waals surface area contributed by atoms with Crippen LogP contribution in [-0.2, 0) is 11.8 Å². The second-order valence-corrected chi connectivity index (χ2v) is 8.23. The van der Waals surface area contributed by atoms with Gasteiger partial charge in [0.1, 0.15) is 5.82 Å². The van der Waals surface area contributed by atoms with E-state index in [1.165, 1.54) is 36.8 Å². The standard InChI is InChI=1S/C19H30N4O2/c1-21-19(25)23(16-7-8-16)18(20-21)15-9-11-22(12-10-15)17(24)13-14-5-3-2-4-6-14/h14-16H,2-13H2,1H3. The van der Waals surface area contributed by atoms with E-state index in [0.29, 0.717) is 23.8 Å². The second-order valence-electron chi connectivity index (χ2n) is 8.23. The molecule has 0 bridgehead atoms. The van der Waals surface area contributed by atoms with Crippen LogP contribution in [0, 0.1) is 5.92 Å². The lowest BCUT2D eigenvalue weighted by Crippen LogP contribution is -2.39. The molecule has 0 atom stereocenters. The van der Waals surface area contributed by atoms with E-state index in [1.54, 1.807) is 7.05 Å². The maximum atomic E-state index is 12.6. The minimum absolute atomic E-state index is 0.0216. The first kappa shape index (κ1) is 16.9. The largest absolute Gasteiger partial charge is 0.345 e. The minimum atomic E-state index is 0.0216. The Labute approximate surface area is 149 Å². The van der Waals surface area contributed by atoms with E-state index >= 15 is 0 Å². The molecular weight excluding hydrogens is 316 g/mol. The number of hydrogen-bond donors (Lipinski definition) is 0. The molecule has 0 unspecified atom stereocenters. The Bertz CT molecular complexity index is 674. The van der Waals surface area contributed by atoms with Gasteiger partial charge in [-0.3, -0.25) is 9.36 Å². The molecule has 0 N–H and O–H groups in total. The predicted molar refractivity (Wildman–Crippen MR) is 95.5 cm³/mol. The number of aryl methyl sites for hydroxylation is 1. The molecule has 6 nitrogen and oxygen atoms in total. The molecule has 2 saturated carbocycles. The summed E-state index contributed by atoms with van der Waals surface area (Å²) in [5.74, 6) is 2.21. The van der Waals surface area contributed by atoms with Gasteiger partial charge in [0.2, 0.25) is 5.91 Å². The van der Waals surface area contributed by atoms with Crippen LogP contribution in [0.2, 0.25) is 0 Å². The summed E-state index contributed by atoms with van der Waals surface area (Å²) in [7, 11) is 1.74. The highest BCUT2D eigenvalue weighted by Gasteiger charge is 2.34. The fourth-order valence-corrected chi connectivity index (χ4v) is 4.61. The number of amides is 1. The molecule has 3 fully saturated rings. The zero-order valence-corrected chi connectivity index (χ0v) is 15.3. The quantitative estimate of drug-likeness (QED) is 0.842. The van der Waals surface area contributed by atoms with Crippen LogP contribution in [0.5, 0.6) is 0 Å². The summed E-state index contributed by atoms with van der Waals surface area (Å²) in [6.45, 7) is 1.62. The van der Waals surface area contributed by atoms with E-state index in [4.69, 9.17) is 0 Å². The van der Waals surface area contributed by atoms with Crippen LogP contribution in [0.25, 0.3) is 0 Å². The summed E-state index contributed by atoms with van der Waals surface area (Å²) in [6, 6.07) is 0.363. The molecule has 6 heteroatoms. The highest BCUT2D eigenvalue weighted by atomic mass is 16.2. The Morgan fingerprint density at radius 3 is 2.36 bits per heavy atom. The van der Waals surface area contributed by atoms with Crippen LogP contribution < -0.4 is 5.69 Å². The average molecular weight is 346 g/mol. The lowest BCUT2D eigenvalue weighted by atomic mass is 9.86. The van der Waals surface area contributed by atoms with E-state index in [0.717, 1.165) is 51.0 Å². The molecule has 0 radical (unpaired) electrons. The maximum absolute atomic E-state index is 12.6. The highest BCUT2D eigenvalue weighted by Crippen LogP contribution is 2.37. The number of piperidine rings is 1. The molecule has 3 aliphatic rings. The topological polar surface area (TPSA) is 60.1 Å². The first-order valence-electron chi connectivity index (χ1n) is 10.1. The SMILES string of the molecule is Cn1nc(C2CCN(C(=O)CC3CCCCC3)CC2)n(C2CC2)c1=O. The van der Waals surface area contributed by atoms with Gasteiger partial charge in [-0.2, -0.15) is 5.10 Å². The Kier molecular flexibility index (Phi) is 4.69. The molecule has 2 aliphatic carbocycles. The smallest absolute Gasteiger partial charge is 0.343 e. The molecular formula is C19H30N4O2. The van der Waals surface area contributed by atoms with Crippen LogP contribution in [-0.4, -0.2) is 38.2 Å².